The lowest BCUT2D eigenvalue weighted by atomic mass is 10.0. The third-order valence-corrected chi connectivity index (χ3v) is 6.48. The van der Waals surface area contributed by atoms with Crippen molar-refractivity contribution in [3.05, 3.63) is 52.8 Å². The number of carbonyl (C=O) groups is 1. The largest absolute Gasteiger partial charge is 0.355 e. The van der Waals surface area contributed by atoms with Crippen LogP contribution in [0.15, 0.2) is 35.5 Å². The zero-order valence-corrected chi connectivity index (χ0v) is 21.1. The third-order valence-electron chi connectivity index (χ3n) is 5.64. The topological polar surface area (TPSA) is 75.4 Å². The number of fused-ring (bicyclic) bond motifs is 1. The average molecular weight is 469 g/mol. The Morgan fingerprint density at radius 3 is 2.48 bits per heavy atom. The highest BCUT2D eigenvalue weighted by molar-refractivity contribution is 7.99. The molecule has 0 radical (unpaired) electrons. The van der Waals surface area contributed by atoms with E-state index in [0.717, 1.165) is 62.3 Å². The van der Waals surface area contributed by atoms with Gasteiger partial charge >= 0.3 is 0 Å². The first kappa shape index (κ1) is 25.2. The molecule has 33 heavy (non-hydrogen) atoms. The molecule has 0 bridgehead atoms. The standard InChI is InChI=1S/C25H36N6OS/c1-5-14-30(15-6-2)16-10-13-26-23(32)18-33-25-28-24-27-19(3)22(20(4)31(24)29-25)17-21-11-8-7-9-12-21/h7-9,11-12H,5-6,10,13-18H2,1-4H3,(H,26,32). The molecule has 0 aliphatic carbocycles. The number of aromatic nitrogens is 4. The van der Waals surface area contributed by atoms with Gasteiger partial charge < -0.3 is 10.2 Å². The van der Waals surface area contributed by atoms with E-state index in [1.165, 1.54) is 17.3 Å². The first-order chi connectivity index (χ1) is 16.0. The van der Waals surface area contributed by atoms with Crippen LogP contribution >= 0.6 is 11.8 Å². The molecule has 1 N–H and O–H groups in total. The van der Waals surface area contributed by atoms with E-state index in [1.54, 1.807) is 4.52 Å². The molecule has 0 saturated heterocycles. The van der Waals surface area contributed by atoms with Gasteiger partial charge in [0.25, 0.3) is 5.78 Å². The maximum atomic E-state index is 12.3. The van der Waals surface area contributed by atoms with Crippen molar-refractivity contribution in [2.45, 2.75) is 58.5 Å². The number of amides is 1. The molecule has 178 valence electrons. The fourth-order valence-corrected chi connectivity index (χ4v) is 4.63. The summed E-state index contributed by atoms with van der Waals surface area (Å²) in [4.78, 5) is 23.9. The fraction of sp³-hybridized carbons (Fsp3) is 0.520. The SMILES string of the molecule is CCCN(CCC)CCCNC(=O)CSc1nc2nc(C)c(Cc3ccccc3)c(C)n2n1. The van der Waals surface area contributed by atoms with E-state index in [9.17, 15) is 4.79 Å². The van der Waals surface area contributed by atoms with Crippen molar-refractivity contribution in [2.24, 2.45) is 0 Å². The van der Waals surface area contributed by atoms with Gasteiger partial charge in [-0.05, 0) is 63.9 Å². The lowest BCUT2D eigenvalue weighted by molar-refractivity contribution is -0.118. The monoisotopic (exact) mass is 468 g/mol. The van der Waals surface area contributed by atoms with Crippen LogP contribution in [0.3, 0.4) is 0 Å². The van der Waals surface area contributed by atoms with Crippen molar-refractivity contribution < 1.29 is 4.79 Å². The molecule has 0 aliphatic rings. The van der Waals surface area contributed by atoms with Crippen molar-refractivity contribution >= 4 is 23.4 Å². The number of benzene rings is 1. The lowest BCUT2D eigenvalue weighted by Crippen LogP contribution is -2.31. The molecule has 8 heteroatoms. The Bertz CT molecular complexity index is 1030. The molecular weight excluding hydrogens is 432 g/mol. The van der Waals surface area contributed by atoms with Crippen molar-refractivity contribution in [3.8, 4) is 0 Å². The first-order valence-corrected chi connectivity index (χ1v) is 12.9. The number of hydrogen-bond acceptors (Lipinski definition) is 6. The molecule has 1 amide bonds. The van der Waals surface area contributed by atoms with E-state index >= 15 is 0 Å². The number of hydrogen-bond donors (Lipinski definition) is 1. The number of nitrogens with zero attached hydrogens (tertiary/aromatic N) is 5. The molecule has 0 spiro atoms. The van der Waals surface area contributed by atoms with Gasteiger partial charge in [0.15, 0.2) is 0 Å². The second kappa shape index (κ2) is 12.7. The number of carbonyl (C=O) groups excluding carboxylic acids is 1. The molecule has 0 aliphatic heterocycles. The highest BCUT2D eigenvalue weighted by Crippen LogP contribution is 2.20. The number of aryl methyl sites for hydroxylation is 2. The second-order valence-corrected chi connectivity index (χ2v) is 9.31. The van der Waals surface area contributed by atoms with Crippen LogP contribution in [-0.4, -0.2) is 62.3 Å². The Labute approximate surface area is 201 Å². The van der Waals surface area contributed by atoms with Gasteiger partial charge in [0, 0.05) is 24.4 Å². The van der Waals surface area contributed by atoms with E-state index in [1.807, 2.05) is 25.1 Å². The summed E-state index contributed by atoms with van der Waals surface area (Å²) in [5.41, 5.74) is 4.40. The van der Waals surface area contributed by atoms with Crippen LogP contribution in [0.5, 0.6) is 0 Å². The van der Waals surface area contributed by atoms with Gasteiger partial charge in [0.1, 0.15) is 0 Å². The summed E-state index contributed by atoms with van der Waals surface area (Å²) in [6, 6.07) is 10.4. The van der Waals surface area contributed by atoms with Crippen LogP contribution in [0.1, 0.15) is 55.6 Å². The normalized spacial score (nSPS) is 11.4. The first-order valence-electron chi connectivity index (χ1n) is 11.9. The predicted octanol–water partition coefficient (Wildman–Crippen LogP) is 4.05. The smallest absolute Gasteiger partial charge is 0.253 e. The van der Waals surface area contributed by atoms with E-state index in [4.69, 9.17) is 0 Å². The van der Waals surface area contributed by atoms with Crippen LogP contribution in [0.4, 0.5) is 0 Å². The molecule has 0 saturated carbocycles. The van der Waals surface area contributed by atoms with Gasteiger partial charge in [-0.3, -0.25) is 4.79 Å². The van der Waals surface area contributed by atoms with Gasteiger partial charge in [0.05, 0.1) is 5.75 Å². The van der Waals surface area contributed by atoms with Crippen LogP contribution < -0.4 is 5.32 Å². The van der Waals surface area contributed by atoms with Gasteiger partial charge in [-0.2, -0.15) is 4.98 Å². The summed E-state index contributed by atoms with van der Waals surface area (Å²) in [5.74, 6) is 0.901. The minimum Gasteiger partial charge on any atom is -0.355 e. The second-order valence-electron chi connectivity index (χ2n) is 8.36. The van der Waals surface area contributed by atoms with E-state index < -0.39 is 0 Å². The Morgan fingerprint density at radius 2 is 1.79 bits per heavy atom. The summed E-state index contributed by atoms with van der Waals surface area (Å²) in [6.07, 6.45) is 4.10. The predicted molar refractivity (Wildman–Crippen MR) is 135 cm³/mol. The van der Waals surface area contributed by atoms with Crippen LogP contribution in [0, 0.1) is 13.8 Å². The molecular formula is C25H36N6OS. The molecule has 1 aromatic carbocycles. The third kappa shape index (κ3) is 7.27. The van der Waals surface area contributed by atoms with Gasteiger partial charge in [-0.25, -0.2) is 9.50 Å². The summed E-state index contributed by atoms with van der Waals surface area (Å²) in [7, 11) is 0. The number of rotatable bonds is 13. The zero-order chi connectivity index (χ0) is 23.6. The zero-order valence-electron chi connectivity index (χ0n) is 20.3. The summed E-state index contributed by atoms with van der Waals surface area (Å²) < 4.78 is 1.79. The highest BCUT2D eigenvalue weighted by Gasteiger charge is 2.15. The van der Waals surface area contributed by atoms with Crippen molar-refractivity contribution in [1.29, 1.82) is 0 Å². The minimum absolute atomic E-state index is 0.0158. The van der Waals surface area contributed by atoms with Gasteiger partial charge in [-0.15, -0.1) is 5.10 Å². The number of thioether (sulfide) groups is 1. The molecule has 0 unspecified atom stereocenters. The maximum absolute atomic E-state index is 12.3. The lowest BCUT2D eigenvalue weighted by Gasteiger charge is -2.20. The van der Waals surface area contributed by atoms with Crippen LogP contribution in [0.2, 0.25) is 0 Å². The average Bonchev–Trinajstić information content (AvgIpc) is 3.22. The Balaban J connectivity index is 1.53. The molecule has 0 atom stereocenters. The molecule has 7 nitrogen and oxygen atoms in total. The highest BCUT2D eigenvalue weighted by atomic mass is 32.2. The Morgan fingerprint density at radius 1 is 1.06 bits per heavy atom. The quantitative estimate of drug-likeness (QED) is 0.301. The van der Waals surface area contributed by atoms with Crippen LogP contribution in [0.25, 0.3) is 5.78 Å². The molecule has 3 rings (SSSR count). The van der Waals surface area contributed by atoms with Crippen molar-refractivity contribution in [2.75, 3.05) is 31.9 Å². The molecule has 0 fully saturated rings. The van der Waals surface area contributed by atoms with E-state index in [0.29, 0.717) is 23.2 Å². The molecule has 3 aromatic rings. The fourth-order valence-electron chi connectivity index (χ4n) is 3.99. The van der Waals surface area contributed by atoms with Crippen LogP contribution in [-0.2, 0) is 11.2 Å². The minimum atomic E-state index is 0.0158. The van der Waals surface area contributed by atoms with E-state index in [2.05, 4.69) is 58.2 Å². The van der Waals surface area contributed by atoms with Gasteiger partial charge in [0.2, 0.25) is 11.1 Å². The van der Waals surface area contributed by atoms with Crippen molar-refractivity contribution in [1.82, 2.24) is 29.8 Å². The molecule has 2 aromatic heterocycles. The molecule has 2 heterocycles. The Hall–Kier alpha value is -2.45. The van der Waals surface area contributed by atoms with E-state index in [-0.39, 0.29) is 5.91 Å². The summed E-state index contributed by atoms with van der Waals surface area (Å²) in [5, 5.41) is 8.20. The summed E-state index contributed by atoms with van der Waals surface area (Å²) in [6.45, 7) is 12.4. The maximum Gasteiger partial charge on any atom is 0.253 e. The van der Waals surface area contributed by atoms with Crippen molar-refractivity contribution in [3.63, 3.8) is 0 Å². The number of nitrogens with one attached hydrogen (secondary N) is 1. The Kier molecular flexibility index (Phi) is 9.69. The van der Waals surface area contributed by atoms with Gasteiger partial charge in [-0.1, -0.05) is 55.9 Å². The summed E-state index contributed by atoms with van der Waals surface area (Å²) >= 11 is 1.35.